The lowest BCUT2D eigenvalue weighted by atomic mass is 10.1. The molecule has 0 radical (unpaired) electrons. The van der Waals surface area contributed by atoms with Gasteiger partial charge in [-0.15, -0.1) is 11.8 Å². The van der Waals surface area contributed by atoms with E-state index in [2.05, 4.69) is 39.5 Å². The molecule has 182 valence electrons. The Kier molecular flexibility index (Phi) is 6.99. The molecule has 0 spiro atoms. The van der Waals surface area contributed by atoms with E-state index in [1.54, 1.807) is 18.7 Å². The molecule has 1 N–H and O–H groups in total. The number of fused-ring (bicyclic) bond motifs is 1. The summed E-state index contributed by atoms with van der Waals surface area (Å²) in [5.74, 6) is 0.493. The smallest absolute Gasteiger partial charge is 0.262 e. The van der Waals surface area contributed by atoms with Gasteiger partial charge in [0.25, 0.3) is 5.56 Å². The van der Waals surface area contributed by atoms with E-state index in [-0.39, 0.29) is 17.9 Å². The average Bonchev–Trinajstić information content (AvgIpc) is 2.86. The molecule has 2 fully saturated rings. The highest BCUT2D eigenvalue weighted by Crippen LogP contribution is 2.26. The van der Waals surface area contributed by atoms with Crippen molar-refractivity contribution in [2.24, 2.45) is 0 Å². The van der Waals surface area contributed by atoms with Gasteiger partial charge in [0.1, 0.15) is 11.9 Å². The van der Waals surface area contributed by atoms with E-state index in [4.69, 9.17) is 4.74 Å². The zero-order valence-electron chi connectivity index (χ0n) is 19.7. The molecule has 3 heterocycles. The molecular formula is C26H28N4O4S. The Labute approximate surface area is 207 Å². The van der Waals surface area contributed by atoms with Gasteiger partial charge in [-0.2, -0.15) is 0 Å². The monoisotopic (exact) mass is 492 g/mol. The number of ether oxygens (including phenoxy) is 1. The minimum absolute atomic E-state index is 0.210. The number of imide groups is 1. The molecule has 0 saturated carbocycles. The Morgan fingerprint density at radius 2 is 1.80 bits per heavy atom. The molecule has 0 bridgehead atoms. The number of hydrogen-bond donors (Lipinski definition) is 1. The van der Waals surface area contributed by atoms with Crippen LogP contribution in [0.5, 0.6) is 0 Å². The Balaban J connectivity index is 1.30. The van der Waals surface area contributed by atoms with Crippen LogP contribution in [0.2, 0.25) is 0 Å². The number of thioether (sulfide) groups is 1. The van der Waals surface area contributed by atoms with Crippen molar-refractivity contribution in [1.82, 2.24) is 19.8 Å². The third-order valence-corrected chi connectivity index (χ3v) is 7.57. The van der Waals surface area contributed by atoms with Gasteiger partial charge in [0.2, 0.25) is 11.8 Å². The molecular weight excluding hydrogens is 464 g/mol. The maximum atomic E-state index is 13.3. The van der Waals surface area contributed by atoms with E-state index in [1.165, 1.54) is 15.7 Å². The van der Waals surface area contributed by atoms with Crippen LogP contribution in [0.4, 0.5) is 0 Å². The third kappa shape index (κ3) is 5.32. The molecule has 2 aliphatic rings. The number of benzene rings is 2. The van der Waals surface area contributed by atoms with Gasteiger partial charge in [-0.3, -0.25) is 29.2 Å². The summed E-state index contributed by atoms with van der Waals surface area (Å²) in [5.41, 5.74) is 2.86. The third-order valence-electron chi connectivity index (χ3n) is 6.51. The van der Waals surface area contributed by atoms with Crippen molar-refractivity contribution in [2.75, 3.05) is 26.3 Å². The number of carbonyl (C=O) groups is 2. The number of piperidine rings is 1. The largest absolute Gasteiger partial charge is 0.379 e. The molecule has 0 aliphatic carbocycles. The Morgan fingerprint density at radius 1 is 1.06 bits per heavy atom. The zero-order valence-corrected chi connectivity index (χ0v) is 20.5. The lowest BCUT2D eigenvalue weighted by Gasteiger charge is -2.26. The second kappa shape index (κ2) is 10.3. The molecule has 2 saturated heterocycles. The number of morpholine rings is 1. The maximum Gasteiger partial charge on any atom is 0.262 e. The minimum atomic E-state index is -0.718. The van der Waals surface area contributed by atoms with Crippen LogP contribution in [-0.2, 0) is 26.6 Å². The van der Waals surface area contributed by atoms with E-state index in [9.17, 15) is 14.4 Å². The van der Waals surface area contributed by atoms with E-state index >= 15 is 0 Å². The molecule has 35 heavy (non-hydrogen) atoms. The van der Waals surface area contributed by atoms with Crippen molar-refractivity contribution in [3.05, 3.63) is 69.8 Å². The lowest BCUT2D eigenvalue weighted by Crippen LogP contribution is -2.45. The first-order chi connectivity index (χ1) is 17.0. The quantitative estimate of drug-likeness (QED) is 0.418. The highest BCUT2D eigenvalue weighted by Gasteiger charge is 2.30. The first-order valence-electron chi connectivity index (χ1n) is 11.9. The first-order valence-corrected chi connectivity index (χ1v) is 12.8. The SMILES string of the molecule is Cc1nc2ccc(SCc3ccc(CN4CCOCC4)cc3)cc2c(=O)n1C1CCC(=O)NC1=O. The first kappa shape index (κ1) is 23.7. The van der Waals surface area contributed by atoms with Crippen molar-refractivity contribution in [2.45, 2.75) is 43.0 Å². The number of aromatic nitrogens is 2. The topological polar surface area (TPSA) is 93.5 Å². The van der Waals surface area contributed by atoms with Crippen molar-refractivity contribution < 1.29 is 14.3 Å². The summed E-state index contributed by atoms with van der Waals surface area (Å²) in [6.07, 6.45) is 0.510. The molecule has 5 rings (SSSR count). The number of hydrogen-bond acceptors (Lipinski definition) is 7. The second-order valence-corrected chi connectivity index (χ2v) is 10.0. The molecule has 1 atom stereocenters. The number of nitrogens with one attached hydrogen (secondary N) is 1. The van der Waals surface area contributed by atoms with E-state index in [0.29, 0.717) is 23.1 Å². The minimum Gasteiger partial charge on any atom is -0.379 e. The predicted octanol–water partition coefficient (Wildman–Crippen LogP) is 2.81. The summed E-state index contributed by atoms with van der Waals surface area (Å²) in [4.78, 5) is 45.2. The van der Waals surface area contributed by atoms with Crippen LogP contribution in [0.1, 0.15) is 35.8 Å². The van der Waals surface area contributed by atoms with Gasteiger partial charge in [0.15, 0.2) is 0 Å². The molecule has 8 nitrogen and oxygen atoms in total. The summed E-state index contributed by atoms with van der Waals surface area (Å²) in [5, 5.41) is 2.81. The molecule has 2 aromatic carbocycles. The molecule has 1 unspecified atom stereocenters. The van der Waals surface area contributed by atoms with Gasteiger partial charge in [-0.25, -0.2) is 4.98 Å². The molecule has 2 aliphatic heterocycles. The Bertz CT molecular complexity index is 1320. The van der Waals surface area contributed by atoms with Crippen LogP contribution in [0, 0.1) is 6.92 Å². The molecule has 9 heteroatoms. The van der Waals surface area contributed by atoms with Gasteiger partial charge >= 0.3 is 0 Å². The van der Waals surface area contributed by atoms with Gasteiger partial charge in [-0.1, -0.05) is 24.3 Å². The molecule has 1 aromatic heterocycles. The molecule has 2 amide bonds. The highest BCUT2D eigenvalue weighted by atomic mass is 32.2. The van der Waals surface area contributed by atoms with E-state index in [1.807, 2.05) is 18.2 Å². The van der Waals surface area contributed by atoms with E-state index < -0.39 is 11.9 Å². The van der Waals surface area contributed by atoms with Crippen LogP contribution in [0.15, 0.2) is 52.2 Å². The lowest BCUT2D eigenvalue weighted by molar-refractivity contribution is -0.135. The fourth-order valence-electron chi connectivity index (χ4n) is 4.60. The van der Waals surface area contributed by atoms with Crippen LogP contribution in [-0.4, -0.2) is 52.6 Å². The van der Waals surface area contributed by atoms with Gasteiger partial charge in [-0.05, 0) is 42.7 Å². The maximum absolute atomic E-state index is 13.3. The number of aryl methyl sites for hydroxylation is 1. The number of nitrogens with zero attached hydrogens (tertiary/aromatic N) is 3. The summed E-state index contributed by atoms with van der Waals surface area (Å²) in [6.45, 7) is 6.20. The number of amides is 2. The highest BCUT2D eigenvalue weighted by molar-refractivity contribution is 7.98. The Hall–Kier alpha value is -3.01. The predicted molar refractivity (Wildman–Crippen MR) is 134 cm³/mol. The Morgan fingerprint density at radius 3 is 2.54 bits per heavy atom. The summed E-state index contributed by atoms with van der Waals surface area (Å²) in [6, 6.07) is 13.6. The zero-order chi connectivity index (χ0) is 24.4. The van der Waals surface area contributed by atoms with Crippen LogP contribution in [0.3, 0.4) is 0 Å². The van der Waals surface area contributed by atoms with Crippen LogP contribution in [0.25, 0.3) is 10.9 Å². The van der Waals surface area contributed by atoms with Gasteiger partial charge in [0, 0.05) is 36.7 Å². The van der Waals surface area contributed by atoms with Crippen LogP contribution >= 0.6 is 11.8 Å². The van der Waals surface area contributed by atoms with Gasteiger partial charge < -0.3 is 4.74 Å². The summed E-state index contributed by atoms with van der Waals surface area (Å²) >= 11 is 1.66. The number of rotatable bonds is 6. The second-order valence-electron chi connectivity index (χ2n) is 8.97. The summed E-state index contributed by atoms with van der Waals surface area (Å²) < 4.78 is 6.84. The molecule has 3 aromatic rings. The fourth-order valence-corrected chi connectivity index (χ4v) is 5.49. The van der Waals surface area contributed by atoms with Crippen molar-refractivity contribution in [3.63, 3.8) is 0 Å². The number of carbonyl (C=O) groups excluding carboxylic acids is 2. The standard InChI is InChI=1S/C26H28N4O4S/c1-17-27-22-7-6-20(14-21(22)26(33)30(17)23-8-9-24(31)28-25(23)32)35-16-19-4-2-18(3-5-19)15-29-10-12-34-13-11-29/h2-7,14,23H,8-13,15-16H2,1H3,(H,28,31,32). The van der Waals surface area contributed by atoms with Crippen molar-refractivity contribution in [1.29, 1.82) is 0 Å². The van der Waals surface area contributed by atoms with Crippen molar-refractivity contribution in [3.8, 4) is 0 Å². The summed E-state index contributed by atoms with van der Waals surface area (Å²) in [7, 11) is 0. The van der Waals surface area contributed by atoms with Crippen molar-refractivity contribution >= 4 is 34.5 Å². The fraction of sp³-hybridized carbons (Fsp3) is 0.385. The normalized spacial score (nSPS) is 19.2. The van der Waals surface area contributed by atoms with Crippen LogP contribution < -0.4 is 10.9 Å². The van der Waals surface area contributed by atoms with E-state index in [0.717, 1.165) is 43.5 Å². The van der Waals surface area contributed by atoms with Gasteiger partial charge in [0.05, 0.1) is 24.1 Å². The average molecular weight is 493 g/mol.